The van der Waals surface area contributed by atoms with Gasteiger partial charge in [-0.3, -0.25) is 10.1 Å². The molecule has 2 heterocycles. The summed E-state index contributed by atoms with van der Waals surface area (Å²) in [5.41, 5.74) is 2.07. The van der Waals surface area contributed by atoms with Crippen molar-refractivity contribution in [2.75, 3.05) is 0 Å². The molecule has 0 amide bonds. The number of aromatic amines is 1. The normalized spacial score (nSPS) is 10.7. The molecule has 0 bridgehead atoms. The third-order valence-electron chi connectivity index (χ3n) is 3.98. The molecule has 0 unspecified atom stereocenters. The number of pyridine rings is 1. The largest absolute Gasteiger partial charge is 0.457 e. The van der Waals surface area contributed by atoms with E-state index in [2.05, 4.69) is 25.5 Å². The minimum absolute atomic E-state index is 0.607. The van der Waals surface area contributed by atoms with Gasteiger partial charge in [-0.05, 0) is 42.0 Å². The Hall–Kier alpha value is -3.51. The molecular weight excluding hydrogens is 338 g/mol. The summed E-state index contributed by atoms with van der Waals surface area (Å²) >= 11 is 0. The summed E-state index contributed by atoms with van der Waals surface area (Å²) in [6.45, 7) is 1.34. The highest BCUT2D eigenvalue weighted by molar-refractivity contribution is 5.52. The van der Waals surface area contributed by atoms with Gasteiger partial charge >= 0.3 is 0 Å². The van der Waals surface area contributed by atoms with Crippen molar-refractivity contribution in [1.82, 2.24) is 25.5 Å². The highest BCUT2D eigenvalue weighted by Crippen LogP contribution is 2.21. The number of nitrogens with zero attached hydrogens (tertiary/aromatic N) is 3. The first-order chi connectivity index (χ1) is 13.4. The SMILES string of the molecule is c1ccc(Oc2ccc(CNCc3nc(-c4cccnc4)n[nH]3)cc2)cc1. The number of rotatable bonds is 7. The molecule has 6 nitrogen and oxygen atoms in total. The van der Waals surface area contributed by atoms with Gasteiger partial charge < -0.3 is 10.1 Å². The maximum absolute atomic E-state index is 5.80. The molecule has 4 aromatic rings. The molecule has 0 aliphatic rings. The topological polar surface area (TPSA) is 75.7 Å². The van der Waals surface area contributed by atoms with Crippen molar-refractivity contribution in [2.45, 2.75) is 13.1 Å². The lowest BCUT2D eigenvalue weighted by Crippen LogP contribution is -2.13. The molecule has 0 fully saturated rings. The maximum atomic E-state index is 5.80. The van der Waals surface area contributed by atoms with Crippen LogP contribution in [0.15, 0.2) is 79.1 Å². The van der Waals surface area contributed by atoms with Gasteiger partial charge in [0.05, 0.1) is 6.54 Å². The molecule has 134 valence electrons. The van der Waals surface area contributed by atoms with E-state index in [-0.39, 0.29) is 0 Å². The number of nitrogens with one attached hydrogen (secondary N) is 2. The Morgan fingerprint density at radius 3 is 2.44 bits per heavy atom. The third-order valence-corrected chi connectivity index (χ3v) is 3.98. The summed E-state index contributed by atoms with van der Waals surface area (Å²) in [6, 6.07) is 21.6. The van der Waals surface area contributed by atoms with Crippen molar-refractivity contribution in [3.05, 3.63) is 90.5 Å². The zero-order valence-corrected chi connectivity index (χ0v) is 14.7. The number of hydrogen-bond acceptors (Lipinski definition) is 5. The molecule has 2 aromatic carbocycles. The van der Waals surface area contributed by atoms with Crippen molar-refractivity contribution in [1.29, 1.82) is 0 Å². The fourth-order valence-corrected chi connectivity index (χ4v) is 2.62. The molecule has 27 heavy (non-hydrogen) atoms. The molecule has 4 rings (SSSR count). The van der Waals surface area contributed by atoms with E-state index in [4.69, 9.17) is 4.74 Å². The van der Waals surface area contributed by atoms with Gasteiger partial charge in [-0.1, -0.05) is 30.3 Å². The van der Waals surface area contributed by atoms with Gasteiger partial charge in [-0.25, -0.2) is 4.98 Å². The number of benzene rings is 2. The van der Waals surface area contributed by atoms with Crippen LogP contribution in [-0.2, 0) is 13.1 Å². The van der Waals surface area contributed by atoms with Gasteiger partial charge in [0.1, 0.15) is 17.3 Å². The fraction of sp³-hybridized carbons (Fsp3) is 0.0952. The molecule has 0 atom stereocenters. The van der Waals surface area contributed by atoms with Crippen LogP contribution < -0.4 is 10.1 Å². The van der Waals surface area contributed by atoms with Crippen molar-refractivity contribution in [2.24, 2.45) is 0 Å². The first-order valence-corrected chi connectivity index (χ1v) is 8.71. The zero-order valence-electron chi connectivity index (χ0n) is 14.7. The molecule has 2 N–H and O–H groups in total. The summed E-state index contributed by atoms with van der Waals surface area (Å²) in [4.78, 5) is 8.57. The first-order valence-electron chi connectivity index (χ1n) is 8.71. The summed E-state index contributed by atoms with van der Waals surface area (Å²) < 4.78 is 5.80. The van der Waals surface area contributed by atoms with Gasteiger partial charge in [0, 0.05) is 24.5 Å². The van der Waals surface area contributed by atoms with E-state index < -0.39 is 0 Å². The Bertz CT molecular complexity index is 968. The number of H-pyrrole nitrogens is 1. The highest BCUT2D eigenvalue weighted by Gasteiger charge is 2.05. The summed E-state index contributed by atoms with van der Waals surface area (Å²) in [7, 11) is 0. The fourth-order valence-electron chi connectivity index (χ4n) is 2.62. The zero-order chi connectivity index (χ0) is 18.3. The molecule has 0 aliphatic heterocycles. The van der Waals surface area contributed by atoms with E-state index in [1.807, 2.05) is 66.7 Å². The van der Waals surface area contributed by atoms with Crippen LogP contribution in [0.2, 0.25) is 0 Å². The summed E-state index contributed by atoms with van der Waals surface area (Å²) in [5, 5.41) is 10.5. The number of ether oxygens (including phenoxy) is 1. The Morgan fingerprint density at radius 2 is 1.67 bits per heavy atom. The lowest BCUT2D eigenvalue weighted by Gasteiger charge is -2.07. The van der Waals surface area contributed by atoms with Gasteiger partial charge in [-0.2, -0.15) is 5.10 Å². The quantitative estimate of drug-likeness (QED) is 0.524. The minimum atomic E-state index is 0.607. The predicted octanol–water partition coefficient (Wildman–Crippen LogP) is 3.95. The minimum Gasteiger partial charge on any atom is -0.457 e. The molecule has 0 radical (unpaired) electrons. The molecule has 6 heteroatoms. The third kappa shape index (κ3) is 4.56. The second-order valence-electron chi connectivity index (χ2n) is 6.01. The highest BCUT2D eigenvalue weighted by atomic mass is 16.5. The monoisotopic (exact) mass is 357 g/mol. The Kier molecular flexibility index (Phi) is 5.17. The number of hydrogen-bond donors (Lipinski definition) is 2. The Balaban J connectivity index is 1.29. The van der Waals surface area contributed by atoms with E-state index in [1.54, 1.807) is 12.4 Å². The van der Waals surface area contributed by atoms with E-state index in [1.165, 1.54) is 5.56 Å². The molecule has 0 spiro atoms. The second-order valence-corrected chi connectivity index (χ2v) is 6.01. The van der Waals surface area contributed by atoms with Crippen molar-refractivity contribution in [3.8, 4) is 22.9 Å². The van der Waals surface area contributed by atoms with E-state index in [0.717, 1.165) is 29.4 Å². The Labute approximate surface area is 157 Å². The van der Waals surface area contributed by atoms with Gasteiger partial charge in [0.15, 0.2) is 5.82 Å². The van der Waals surface area contributed by atoms with Crippen LogP contribution in [0.1, 0.15) is 11.4 Å². The lowest BCUT2D eigenvalue weighted by molar-refractivity contribution is 0.482. The first kappa shape index (κ1) is 16.9. The molecule has 0 saturated carbocycles. The molecule has 0 saturated heterocycles. The lowest BCUT2D eigenvalue weighted by atomic mass is 10.2. The smallest absolute Gasteiger partial charge is 0.182 e. The van der Waals surface area contributed by atoms with E-state index in [0.29, 0.717) is 12.4 Å². The molecule has 2 aromatic heterocycles. The van der Waals surface area contributed by atoms with Crippen molar-refractivity contribution in [3.63, 3.8) is 0 Å². The summed E-state index contributed by atoms with van der Waals surface area (Å²) in [5.74, 6) is 3.10. The van der Waals surface area contributed by atoms with Crippen molar-refractivity contribution < 1.29 is 4.74 Å². The van der Waals surface area contributed by atoms with Crippen LogP contribution >= 0.6 is 0 Å². The van der Waals surface area contributed by atoms with E-state index in [9.17, 15) is 0 Å². The van der Waals surface area contributed by atoms with Crippen LogP contribution in [0.3, 0.4) is 0 Å². The molecular formula is C21H19N5O. The van der Waals surface area contributed by atoms with Crippen molar-refractivity contribution >= 4 is 0 Å². The number of para-hydroxylation sites is 1. The standard InChI is InChI=1S/C21H19N5O/c1-2-6-18(7-3-1)27-19-10-8-16(9-11-19)13-23-15-20-24-21(26-25-20)17-5-4-12-22-14-17/h1-12,14,23H,13,15H2,(H,24,25,26). The van der Waals surface area contributed by atoms with Crippen LogP contribution in [0.5, 0.6) is 11.5 Å². The summed E-state index contributed by atoms with van der Waals surface area (Å²) in [6.07, 6.45) is 3.48. The van der Waals surface area contributed by atoms with Crippen LogP contribution in [0, 0.1) is 0 Å². The van der Waals surface area contributed by atoms with E-state index >= 15 is 0 Å². The van der Waals surface area contributed by atoms with Gasteiger partial charge in [-0.15, -0.1) is 0 Å². The number of aromatic nitrogens is 4. The van der Waals surface area contributed by atoms with Crippen LogP contribution in [0.4, 0.5) is 0 Å². The van der Waals surface area contributed by atoms with Gasteiger partial charge in [0.25, 0.3) is 0 Å². The Morgan fingerprint density at radius 1 is 0.852 bits per heavy atom. The van der Waals surface area contributed by atoms with Crippen LogP contribution in [0.25, 0.3) is 11.4 Å². The second kappa shape index (κ2) is 8.25. The molecule has 0 aliphatic carbocycles. The van der Waals surface area contributed by atoms with Gasteiger partial charge in [0.2, 0.25) is 0 Å². The average molecular weight is 357 g/mol. The van der Waals surface area contributed by atoms with Crippen LogP contribution in [-0.4, -0.2) is 20.2 Å². The maximum Gasteiger partial charge on any atom is 0.182 e. The predicted molar refractivity (Wildman–Crippen MR) is 103 cm³/mol. The average Bonchev–Trinajstić information content (AvgIpc) is 3.20.